The number of carbonyl (C=O) groups is 1. The molecular weight excluding hydrogens is 246 g/mol. The smallest absolute Gasteiger partial charge is 0.153 e. The first kappa shape index (κ1) is 9.27. The molecule has 4 heteroatoms. The van der Waals surface area contributed by atoms with Crippen LogP contribution in [0.5, 0.6) is 0 Å². The van der Waals surface area contributed by atoms with Gasteiger partial charge in [-0.2, -0.15) is 0 Å². The van der Waals surface area contributed by atoms with Crippen LogP contribution >= 0.6 is 15.9 Å². The highest BCUT2D eigenvalue weighted by Crippen LogP contribution is 2.31. The van der Waals surface area contributed by atoms with Gasteiger partial charge < -0.3 is 9.40 Å². The second kappa shape index (κ2) is 3.46. The van der Waals surface area contributed by atoms with Crippen LogP contribution in [-0.2, 0) is 0 Å². The van der Waals surface area contributed by atoms with Crippen molar-refractivity contribution in [3.05, 3.63) is 34.1 Å². The number of rotatable bonds is 2. The molecule has 0 unspecified atom stereocenters. The van der Waals surface area contributed by atoms with Crippen molar-refractivity contribution in [3.8, 4) is 11.5 Å². The van der Waals surface area contributed by atoms with E-state index >= 15 is 0 Å². The van der Waals surface area contributed by atoms with Gasteiger partial charge in [0.05, 0.1) is 16.4 Å². The Kier molecular flexibility index (Phi) is 2.29. The molecule has 3 nitrogen and oxygen atoms in total. The molecule has 2 rings (SSSR count). The third-order valence-electron chi connectivity index (χ3n) is 2.06. The molecule has 2 heterocycles. The average molecular weight is 254 g/mol. The van der Waals surface area contributed by atoms with Crippen molar-refractivity contribution in [2.75, 3.05) is 0 Å². The molecule has 0 saturated carbocycles. The molecule has 0 aliphatic carbocycles. The van der Waals surface area contributed by atoms with Crippen LogP contribution < -0.4 is 0 Å². The van der Waals surface area contributed by atoms with E-state index in [-0.39, 0.29) is 0 Å². The quantitative estimate of drug-likeness (QED) is 0.836. The van der Waals surface area contributed by atoms with Crippen LogP contribution in [0.15, 0.2) is 27.3 Å². The lowest BCUT2D eigenvalue weighted by Crippen LogP contribution is -1.79. The maximum atomic E-state index is 10.8. The Morgan fingerprint density at radius 1 is 1.57 bits per heavy atom. The van der Waals surface area contributed by atoms with Gasteiger partial charge in [0.2, 0.25) is 0 Å². The predicted molar refractivity (Wildman–Crippen MR) is 56.3 cm³/mol. The minimum Gasteiger partial charge on any atom is -0.463 e. The molecule has 0 fully saturated rings. The molecule has 0 aromatic carbocycles. The van der Waals surface area contributed by atoms with Crippen molar-refractivity contribution >= 4 is 22.2 Å². The van der Waals surface area contributed by atoms with E-state index in [1.54, 1.807) is 12.3 Å². The lowest BCUT2D eigenvalue weighted by molar-refractivity contribution is 0.112. The molecule has 0 aliphatic rings. The zero-order chi connectivity index (χ0) is 10.1. The summed E-state index contributed by atoms with van der Waals surface area (Å²) >= 11 is 3.36. The van der Waals surface area contributed by atoms with Crippen LogP contribution in [0.2, 0.25) is 0 Å². The van der Waals surface area contributed by atoms with Crippen LogP contribution in [-0.4, -0.2) is 11.3 Å². The number of carbonyl (C=O) groups excluding carboxylic acids is 1. The van der Waals surface area contributed by atoms with E-state index in [4.69, 9.17) is 4.42 Å². The van der Waals surface area contributed by atoms with Gasteiger partial charge in [-0.25, -0.2) is 0 Å². The second-order valence-electron chi connectivity index (χ2n) is 2.95. The number of aryl methyl sites for hydroxylation is 1. The van der Waals surface area contributed by atoms with Crippen LogP contribution in [0.25, 0.3) is 11.5 Å². The molecule has 0 saturated heterocycles. The van der Waals surface area contributed by atoms with Crippen molar-refractivity contribution in [1.29, 1.82) is 0 Å². The molecule has 0 bridgehead atoms. The summed E-state index contributed by atoms with van der Waals surface area (Å²) in [7, 11) is 0. The van der Waals surface area contributed by atoms with Crippen molar-refractivity contribution in [2.24, 2.45) is 0 Å². The summed E-state index contributed by atoms with van der Waals surface area (Å²) in [5, 5.41) is 0. The normalized spacial score (nSPS) is 10.4. The Morgan fingerprint density at radius 2 is 2.36 bits per heavy atom. The molecule has 1 N–H and O–H groups in total. The van der Waals surface area contributed by atoms with Crippen molar-refractivity contribution in [3.63, 3.8) is 0 Å². The van der Waals surface area contributed by atoms with Crippen molar-refractivity contribution < 1.29 is 9.21 Å². The molecule has 14 heavy (non-hydrogen) atoms. The van der Waals surface area contributed by atoms with Gasteiger partial charge in [-0.05, 0) is 35.0 Å². The fourth-order valence-corrected chi connectivity index (χ4v) is 2.03. The fourth-order valence-electron chi connectivity index (χ4n) is 1.34. The number of hydrogen-bond donors (Lipinski definition) is 1. The lowest BCUT2D eigenvalue weighted by Gasteiger charge is -1.92. The highest BCUT2D eigenvalue weighted by molar-refractivity contribution is 9.10. The van der Waals surface area contributed by atoms with Crippen LogP contribution in [0.4, 0.5) is 0 Å². The standard InChI is InChI=1S/C10H8BrNO2/c1-6-7(5-13)9(11)10(12-6)8-3-2-4-14-8/h2-5,12H,1H3. The summed E-state index contributed by atoms with van der Waals surface area (Å²) in [4.78, 5) is 13.8. The van der Waals surface area contributed by atoms with E-state index < -0.39 is 0 Å². The highest BCUT2D eigenvalue weighted by Gasteiger charge is 2.14. The summed E-state index contributed by atoms with van der Waals surface area (Å²) in [6.07, 6.45) is 2.42. The van der Waals surface area contributed by atoms with Crippen molar-refractivity contribution in [1.82, 2.24) is 4.98 Å². The molecular formula is C10H8BrNO2. The average Bonchev–Trinajstić information content (AvgIpc) is 2.74. The predicted octanol–water partition coefficient (Wildman–Crippen LogP) is 3.16. The van der Waals surface area contributed by atoms with Gasteiger partial charge in [-0.3, -0.25) is 4.79 Å². The van der Waals surface area contributed by atoms with Gasteiger partial charge in [-0.15, -0.1) is 0 Å². The summed E-state index contributed by atoms with van der Waals surface area (Å²) in [5.74, 6) is 0.716. The number of aromatic nitrogens is 1. The monoisotopic (exact) mass is 253 g/mol. The van der Waals surface area contributed by atoms with Crippen LogP contribution in [0, 0.1) is 6.92 Å². The van der Waals surface area contributed by atoms with E-state index in [0.717, 1.165) is 22.1 Å². The highest BCUT2D eigenvalue weighted by atomic mass is 79.9. The Hall–Kier alpha value is -1.29. The summed E-state index contributed by atoms with van der Waals surface area (Å²) < 4.78 is 5.99. The third kappa shape index (κ3) is 1.32. The minimum atomic E-state index is 0.636. The second-order valence-corrected chi connectivity index (χ2v) is 3.74. The van der Waals surface area contributed by atoms with E-state index in [1.807, 2.05) is 13.0 Å². The largest absolute Gasteiger partial charge is 0.463 e. The molecule has 72 valence electrons. The topological polar surface area (TPSA) is 46.0 Å². The number of aromatic amines is 1. The number of hydrogen-bond acceptors (Lipinski definition) is 2. The molecule has 0 spiro atoms. The van der Waals surface area contributed by atoms with Gasteiger partial charge in [-0.1, -0.05) is 0 Å². The first-order valence-corrected chi connectivity index (χ1v) is 4.90. The molecule has 0 aliphatic heterocycles. The number of aldehydes is 1. The summed E-state index contributed by atoms with van der Waals surface area (Å²) in [6, 6.07) is 3.64. The Bertz CT molecular complexity index is 457. The molecule has 0 radical (unpaired) electrons. The molecule has 0 atom stereocenters. The summed E-state index contributed by atoms with van der Waals surface area (Å²) in [5.41, 5.74) is 2.27. The number of halogens is 1. The first-order valence-electron chi connectivity index (χ1n) is 4.11. The molecule has 0 amide bonds. The minimum absolute atomic E-state index is 0.636. The summed E-state index contributed by atoms with van der Waals surface area (Å²) in [6.45, 7) is 1.85. The van der Waals surface area contributed by atoms with Gasteiger partial charge in [0.15, 0.2) is 12.0 Å². The Morgan fingerprint density at radius 3 is 2.86 bits per heavy atom. The number of furan rings is 1. The van der Waals surface area contributed by atoms with Gasteiger partial charge in [0.25, 0.3) is 0 Å². The number of H-pyrrole nitrogens is 1. The van der Waals surface area contributed by atoms with Crippen LogP contribution in [0.1, 0.15) is 16.1 Å². The maximum absolute atomic E-state index is 10.8. The number of nitrogens with one attached hydrogen (secondary N) is 1. The first-order chi connectivity index (χ1) is 6.74. The van der Waals surface area contributed by atoms with Crippen LogP contribution in [0.3, 0.4) is 0 Å². The zero-order valence-corrected chi connectivity index (χ0v) is 9.09. The zero-order valence-electron chi connectivity index (χ0n) is 7.50. The van der Waals surface area contributed by atoms with E-state index in [9.17, 15) is 4.79 Å². The van der Waals surface area contributed by atoms with Crippen molar-refractivity contribution in [2.45, 2.75) is 6.92 Å². The maximum Gasteiger partial charge on any atom is 0.153 e. The van der Waals surface area contributed by atoms with Gasteiger partial charge in [0, 0.05) is 11.3 Å². The van der Waals surface area contributed by atoms with E-state index in [1.165, 1.54) is 0 Å². The molecule has 2 aromatic heterocycles. The Balaban J connectivity index is 2.61. The van der Waals surface area contributed by atoms with Gasteiger partial charge in [0.1, 0.15) is 0 Å². The molecule has 2 aromatic rings. The SMILES string of the molecule is Cc1[nH]c(-c2ccco2)c(Br)c1C=O. The van der Waals surface area contributed by atoms with Gasteiger partial charge >= 0.3 is 0 Å². The fraction of sp³-hybridized carbons (Fsp3) is 0.100. The Labute approximate surface area is 89.3 Å². The lowest BCUT2D eigenvalue weighted by atomic mass is 10.2. The van der Waals surface area contributed by atoms with E-state index in [2.05, 4.69) is 20.9 Å². The van der Waals surface area contributed by atoms with E-state index in [0.29, 0.717) is 11.3 Å². The third-order valence-corrected chi connectivity index (χ3v) is 2.88.